The third kappa shape index (κ3) is 6.82. The van der Waals surface area contributed by atoms with E-state index < -0.39 is 0 Å². The summed E-state index contributed by atoms with van der Waals surface area (Å²) in [6.45, 7) is 0. The molecule has 5 aromatic carbocycles. The molecule has 9 rings (SSSR count). The molecule has 4 heterocycles. The molecular formula is C49H33N5. The molecule has 0 aliphatic heterocycles. The molecule has 0 aliphatic carbocycles. The van der Waals surface area contributed by atoms with Crippen LogP contribution >= 0.6 is 0 Å². The minimum atomic E-state index is 0.694. The highest BCUT2D eigenvalue weighted by Gasteiger charge is 2.15. The average Bonchev–Trinajstić information content (AvgIpc) is 3.27. The molecule has 254 valence electrons. The van der Waals surface area contributed by atoms with Gasteiger partial charge in [0.25, 0.3) is 0 Å². The Bertz CT molecular complexity index is 2560. The lowest BCUT2D eigenvalue weighted by molar-refractivity contribution is 1.18. The molecule has 5 heteroatoms. The summed E-state index contributed by atoms with van der Waals surface area (Å²) >= 11 is 0. The van der Waals surface area contributed by atoms with Crippen molar-refractivity contribution in [2.75, 3.05) is 0 Å². The minimum Gasteiger partial charge on any atom is -0.255 e. The Labute approximate surface area is 314 Å². The monoisotopic (exact) mass is 691 g/mol. The second-order valence-corrected chi connectivity index (χ2v) is 12.9. The number of hydrogen-bond acceptors (Lipinski definition) is 5. The molecule has 0 spiro atoms. The van der Waals surface area contributed by atoms with E-state index >= 15 is 0 Å². The Kier molecular flexibility index (Phi) is 8.86. The Hall–Kier alpha value is -7.37. The maximum Gasteiger partial charge on any atom is 0.160 e. The molecule has 54 heavy (non-hydrogen) atoms. The number of pyridine rings is 3. The summed E-state index contributed by atoms with van der Waals surface area (Å²) in [7, 11) is 0. The lowest BCUT2D eigenvalue weighted by atomic mass is 9.95. The predicted octanol–water partition coefficient (Wildman–Crippen LogP) is 12.0. The van der Waals surface area contributed by atoms with E-state index in [4.69, 9.17) is 19.9 Å². The van der Waals surface area contributed by atoms with Crippen LogP contribution in [0.3, 0.4) is 0 Å². The van der Waals surface area contributed by atoms with Gasteiger partial charge in [0.2, 0.25) is 0 Å². The van der Waals surface area contributed by atoms with Crippen molar-refractivity contribution >= 4 is 0 Å². The fourth-order valence-electron chi connectivity index (χ4n) is 6.68. The number of hydrogen-bond donors (Lipinski definition) is 0. The molecule has 0 fully saturated rings. The van der Waals surface area contributed by atoms with Gasteiger partial charge in [-0.05, 0) is 64.7 Å². The van der Waals surface area contributed by atoms with Crippen LogP contribution in [-0.2, 0) is 0 Å². The zero-order valence-electron chi connectivity index (χ0n) is 29.3. The van der Waals surface area contributed by atoms with Crippen molar-refractivity contribution < 1.29 is 0 Å². The fraction of sp³-hybridized carbons (Fsp3) is 0. The highest BCUT2D eigenvalue weighted by atomic mass is 14.9. The van der Waals surface area contributed by atoms with Gasteiger partial charge in [0.15, 0.2) is 5.82 Å². The van der Waals surface area contributed by atoms with Gasteiger partial charge in [-0.1, -0.05) is 152 Å². The highest BCUT2D eigenvalue weighted by Crippen LogP contribution is 2.36. The normalized spacial score (nSPS) is 11.0. The SMILES string of the molecule is c1ccc(-c2cc(-c3ccccn3)nc(-c3cccc(-c4ccc(-c5ccccc5-c5cc(-c6ccccc6)nc(-c6ccccc6)n5)cc4)n3)c2)cc1. The van der Waals surface area contributed by atoms with Crippen molar-refractivity contribution in [1.82, 2.24) is 24.9 Å². The van der Waals surface area contributed by atoms with Crippen LogP contribution in [0.2, 0.25) is 0 Å². The second-order valence-electron chi connectivity index (χ2n) is 12.9. The van der Waals surface area contributed by atoms with Crippen LogP contribution < -0.4 is 0 Å². The zero-order chi connectivity index (χ0) is 36.1. The van der Waals surface area contributed by atoms with E-state index in [1.54, 1.807) is 6.20 Å². The van der Waals surface area contributed by atoms with Crippen LogP contribution in [0.4, 0.5) is 0 Å². The molecule has 0 bridgehead atoms. The van der Waals surface area contributed by atoms with Gasteiger partial charge < -0.3 is 0 Å². The Morgan fingerprint density at radius 1 is 0.241 bits per heavy atom. The predicted molar refractivity (Wildman–Crippen MR) is 219 cm³/mol. The van der Waals surface area contributed by atoms with Gasteiger partial charge in [0.1, 0.15) is 0 Å². The van der Waals surface area contributed by atoms with Gasteiger partial charge in [-0.3, -0.25) is 4.98 Å². The van der Waals surface area contributed by atoms with E-state index in [9.17, 15) is 0 Å². The lowest BCUT2D eigenvalue weighted by Gasteiger charge is -2.13. The van der Waals surface area contributed by atoms with Gasteiger partial charge in [0, 0.05) is 28.5 Å². The van der Waals surface area contributed by atoms with Crippen LogP contribution in [0.1, 0.15) is 0 Å². The second kappa shape index (κ2) is 14.7. The quantitative estimate of drug-likeness (QED) is 0.159. The first-order valence-corrected chi connectivity index (χ1v) is 17.9. The van der Waals surface area contributed by atoms with Gasteiger partial charge in [-0.2, -0.15) is 0 Å². The number of nitrogens with zero attached hydrogens (tertiary/aromatic N) is 5. The van der Waals surface area contributed by atoms with E-state index in [0.29, 0.717) is 5.82 Å². The summed E-state index contributed by atoms with van der Waals surface area (Å²) in [4.78, 5) is 24.9. The van der Waals surface area contributed by atoms with Crippen molar-refractivity contribution in [1.29, 1.82) is 0 Å². The fourth-order valence-corrected chi connectivity index (χ4v) is 6.68. The molecule has 0 atom stereocenters. The molecule has 0 saturated carbocycles. The molecule has 0 saturated heterocycles. The lowest BCUT2D eigenvalue weighted by Crippen LogP contribution is -1.97. The van der Waals surface area contributed by atoms with E-state index in [-0.39, 0.29) is 0 Å². The van der Waals surface area contributed by atoms with Crippen LogP contribution in [0.15, 0.2) is 200 Å². The van der Waals surface area contributed by atoms with Crippen molar-refractivity contribution in [2.24, 2.45) is 0 Å². The summed E-state index contributed by atoms with van der Waals surface area (Å²) in [5, 5.41) is 0. The number of rotatable bonds is 8. The van der Waals surface area contributed by atoms with Gasteiger partial charge in [0.05, 0.1) is 39.9 Å². The van der Waals surface area contributed by atoms with E-state index in [2.05, 4.69) is 108 Å². The van der Waals surface area contributed by atoms with Gasteiger partial charge >= 0.3 is 0 Å². The maximum absolute atomic E-state index is 5.13. The van der Waals surface area contributed by atoms with Crippen molar-refractivity contribution in [3.05, 3.63) is 200 Å². The number of benzene rings is 5. The first-order valence-electron chi connectivity index (χ1n) is 17.9. The molecule has 5 nitrogen and oxygen atoms in total. The molecule has 0 N–H and O–H groups in total. The number of aromatic nitrogens is 5. The maximum atomic E-state index is 5.13. The van der Waals surface area contributed by atoms with Crippen LogP contribution in [-0.4, -0.2) is 24.9 Å². The van der Waals surface area contributed by atoms with Gasteiger partial charge in [-0.15, -0.1) is 0 Å². The molecule has 4 aromatic heterocycles. The third-order valence-electron chi connectivity index (χ3n) is 9.39. The Balaban J connectivity index is 1.08. The molecule has 0 amide bonds. The zero-order valence-corrected chi connectivity index (χ0v) is 29.3. The summed E-state index contributed by atoms with van der Waals surface area (Å²) in [5.74, 6) is 0.694. The third-order valence-corrected chi connectivity index (χ3v) is 9.39. The molecule has 0 radical (unpaired) electrons. The summed E-state index contributed by atoms with van der Waals surface area (Å²) in [5.41, 5.74) is 14.2. The highest BCUT2D eigenvalue weighted by molar-refractivity contribution is 5.85. The minimum absolute atomic E-state index is 0.694. The van der Waals surface area contributed by atoms with E-state index in [1.165, 1.54) is 0 Å². The molecular weight excluding hydrogens is 659 g/mol. The molecule has 9 aromatic rings. The summed E-state index contributed by atoms with van der Waals surface area (Å²) in [6.07, 6.45) is 1.80. The largest absolute Gasteiger partial charge is 0.255 e. The van der Waals surface area contributed by atoms with Crippen LogP contribution in [0.5, 0.6) is 0 Å². The van der Waals surface area contributed by atoms with Crippen molar-refractivity contribution in [3.63, 3.8) is 0 Å². The first kappa shape index (κ1) is 32.5. The Morgan fingerprint density at radius 2 is 0.759 bits per heavy atom. The molecule has 0 aliphatic rings. The first-order chi connectivity index (χ1) is 26.7. The topological polar surface area (TPSA) is 64.5 Å². The smallest absolute Gasteiger partial charge is 0.160 e. The standard InChI is InChI=1S/C49H33N5/c1-4-15-34(16-5-1)39-31-47(43-23-12-13-30-50-43)52-48(32-39)44-25-14-24-42(51-44)37-28-26-35(27-29-37)40-21-10-11-22-41(40)46-33-45(36-17-6-2-7-18-36)53-49(54-46)38-19-8-3-9-20-38/h1-33H. The van der Waals surface area contributed by atoms with Gasteiger partial charge in [-0.25, -0.2) is 19.9 Å². The Morgan fingerprint density at radius 3 is 1.46 bits per heavy atom. The van der Waals surface area contributed by atoms with E-state index in [1.807, 2.05) is 91.0 Å². The summed E-state index contributed by atoms with van der Waals surface area (Å²) < 4.78 is 0. The van der Waals surface area contributed by atoms with Crippen molar-refractivity contribution in [3.8, 4) is 90.2 Å². The van der Waals surface area contributed by atoms with Crippen LogP contribution in [0, 0.1) is 0 Å². The summed E-state index contributed by atoms with van der Waals surface area (Å²) in [6, 6.07) is 66.1. The molecule has 0 unspecified atom stereocenters. The average molecular weight is 692 g/mol. The van der Waals surface area contributed by atoms with Crippen LogP contribution in [0.25, 0.3) is 90.2 Å². The van der Waals surface area contributed by atoms with E-state index in [0.717, 1.165) is 84.4 Å². The van der Waals surface area contributed by atoms with Crippen molar-refractivity contribution in [2.45, 2.75) is 0 Å².